The summed E-state index contributed by atoms with van der Waals surface area (Å²) >= 11 is 0. The molecule has 0 aliphatic heterocycles. The summed E-state index contributed by atoms with van der Waals surface area (Å²) in [6.45, 7) is 1.42. The van der Waals surface area contributed by atoms with E-state index >= 15 is 0 Å². The molecule has 0 atom stereocenters. The lowest BCUT2D eigenvalue weighted by Crippen LogP contribution is -2.38. The van der Waals surface area contributed by atoms with Crippen LogP contribution in [0, 0.1) is 5.82 Å². The molecule has 0 saturated carbocycles. The molecule has 0 aromatic heterocycles. The zero-order chi connectivity index (χ0) is 20.9. The number of carbonyl (C=O) groups is 1. The van der Waals surface area contributed by atoms with Crippen LogP contribution in [0.2, 0.25) is 0 Å². The van der Waals surface area contributed by atoms with Crippen molar-refractivity contribution < 1.29 is 17.6 Å². The number of aryl methyl sites for hydroxylation is 1. The van der Waals surface area contributed by atoms with Gasteiger partial charge in [0.05, 0.1) is 16.3 Å². The molecule has 1 amide bonds. The lowest BCUT2D eigenvalue weighted by atomic mass is 10.1. The van der Waals surface area contributed by atoms with Crippen molar-refractivity contribution >= 4 is 27.3 Å². The molecule has 1 N–H and O–H groups in total. The molecule has 0 unspecified atom stereocenters. The summed E-state index contributed by atoms with van der Waals surface area (Å²) in [5.74, 6) is -1.23. The van der Waals surface area contributed by atoms with Crippen LogP contribution >= 0.6 is 0 Å². The number of halogens is 1. The molecule has 5 nitrogen and oxygen atoms in total. The second kappa shape index (κ2) is 8.87. The lowest BCUT2D eigenvalue weighted by molar-refractivity contribution is -0.114. The summed E-state index contributed by atoms with van der Waals surface area (Å²) < 4.78 is 41.6. The topological polar surface area (TPSA) is 66.5 Å². The molecular weight excluding hydrogens is 391 g/mol. The van der Waals surface area contributed by atoms with Crippen LogP contribution in [0.25, 0.3) is 0 Å². The minimum Gasteiger partial charge on any atom is -0.322 e. The number of hydrogen-bond donors (Lipinski definition) is 1. The number of hydrogen-bond acceptors (Lipinski definition) is 3. The number of rotatable bonds is 7. The first-order chi connectivity index (χ1) is 13.9. The smallest absolute Gasteiger partial charge is 0.264 e. The summed E-state index contributed by atoms with van der Waals surface area (Å²) in [6, 6.07) is 20.7. The highest BCUT2D eigenvalue weighted by molar-refractivity contribution is 7.92. The molecule has 0 saturated heterocycles. The van der Waals surface area contributed by atoms with Gasteiger partial charge in [0, 0.05) is 0 Å². The van der Waals surface area contributed by atoms with Crippen molar-refractivity contribution in [3.05, 3.63) is 90.2 Å². The molecule has 7 heteroatoms. The Kier molecular flexibility index (Phi) is 6.29. The second-order valence-electron chi connectivity index (χ2n) is 6.34. The van der Waals surface area contributed by atoms with Gasteiger partial charge < -0.3 is 5.32 Å². The minimum absolute atomic E-state index is 0.00154. The zero-order valence-corrected chi connectivity index (χ0v) is 16.7. The number of nitrogens with zero attached hydrogens (tertiary/aromatic N) is 1. The van der Waals surface area contributed by atoms with E-state index in [1.807, 2.05) is 19.1 Å². The summed E-state index contributed by atoms with van der Waals surface area (Å²) in [6.07, 6.45) is 0.589. The fraction of sp³-hybridized carbons (Fsp3) is 0.136. The molecule has 0 spiro atoms. The van der Waals surface area contributed by atoms with E-state index in [-0.39, 0.29) is 10.6 Å². The van der Waals surface area contributed by atoms with E-state index in [1.54, 1.807) is 36.4 Å². The van der Waals surface area contributed by atoms with Gasteiger partial charge in [0.1, 0.15) is 12.4 Å². The first kappa shape index (κ1) is 20.5. The highest BCUT2D eigenvalue weighted by Crippen LogP contribution is 2.27. The fourth-order valence-electron chi connectivity index (χ4n) is 2.96. The van der Waals surface area contributed by atoms with Gasteiger partial charge in [0.15, 0.2) is 0 Å². The van der Waals surface area contributed by atoms with Crippen molar-refractivity contribution in [2.24, 2.45) is 0 Å². The maximum absolute atomic E-state index is 13.9. The molecule has 0 heterocycles. The number of sulfonamides is 1. The van der Waals surface area contributed by atoms with Gasteiger partial charge in [-0.05, 0) is 42.3 Å². The zero-order valence-electron chi connectivity index (χ0n) is 15.9. The maximum atomic E-state index is 13.9. The first-order valence-corrected chi connectivity index (χ1v) is 10.6. The van der Waals surface area contributed by atoms with Gasteiger partial charge in [0.2, 0.25) is 5.91 Å². The Morgan fingerprint density at radius 1 is 0.931 bits per heavy atom. The van der Waals surface area contributed by atoms with E-state index in [0.717, 1.165) is 9.87 Å². The van der Waals surface area contributed by atoms with Crippen molar-refractivity contribution in [3.8, 4) is 0 Å². The number of nitrogens with one attached hydrogen (secondary N) is 1. The third-order valence-corrected chi connectivity index (χ3v) is 6.18. The standard InChI is InChI=1S/C22H21FN2O3S/c1-2-17-10-6-9-15-21(17)25(29(27,28)18-11-4-3-5-12-18)16-22(26)24-20-14-8-7-13-19(20)23/h3-15H,2,16H2,1H3,(H,24,26). The van der Waals surface area contributed by atoms with E-state index in [2.05, 4.69) is 5.32 Å². The van der Waals surface area contributed by atoms with Gasteiger partial charge in [0.25, 0.3) is 10.0 Å². The Labute approximate surface area is 169 Å². The summed E-state index contributed by atoms with van der Waals surface area (Å²) in [5.41, 5.74) is 1.20. The van der Waals surface area contributed by atoms with E-state index in [1.165, 1.54) is 30.3 Å². The molecule has 3 aromatic rings. The van der Waals surface area contributed by atoms with Gasteiger partial charge >= 0.3 is 0 Å². The number of anilines is 2. The van der Waals surface area contributed by atoms with Crippen molar-refractivity contribution in [1.82, 2.24) is 0 Å². The van der Waals surface area contributed by atoms with Crippen molar-refractivity contribution in [2.45, 2.75) is 18.2 Å². The maximum Gasteiger partial charge on any atom is 0.264 e. The van der Waals surface area contributed by atoms with Crippen LogP contribution in [0.4, 0.5) is 15.8 Å². The molecule has 0 aliphatic rings. The van der Waals surface area contributed by atoms with Crippen LogP contribution in [0.15, 0.2) is 83.8 Å². The average molecular weight is 412 g/mol. The molecule has 0 radical (unpaired) electrons. The predicted molar refractivity (Wildman–Crippen MR) is 112 cm³/mol. The number of benzene rings is 3. The molecule has 0 aliphatic carbocycles. The second-order valence-corrected chi connectivity index (χ2v) is 8.20. The molecule has 3 aromatic carbocycles. The van der Waals surface area contributed by atoms with E-state index < -0.39 is 28.3 Å². The van der Waals surface area contributed by atoms with E-state index in [0.29, 0.717) is 12.1 Å². The Morgan fingerprint density at radius 2 is 1.55 bits per heavy atom. The minimum atomic E-state index is -4.01. The van der Waals surface area contributed by atoms with Gasteiger partial charge in [-0.1, -0.05) is 55.5 Å². The monoisotopic (exact) mass is 412 g/mol. The van der Waals surface area contributed by atoms with Crippen molar-refractivity contribution in [1.29, 1.82) is 0 Å². The van der Waals surface area contributed by atoms with Crippen LogP contribution < -0.4 is 9.62 Å². The Morgan fingerprint density at radius 3 is 2.24 bits per heavy atom. The van der Waals surface area contributed by atoms with Crippen LogP contribution in [0.1, 0.15) is 12.5 Å². The van der Waals surface area contributed by atoms with Crippen molar-refractivity contribution in [2.75, 3.05) is 16.2 Å². The summed E-state index contributed by atoms with van der Waals surface area (Å²) in [4.78, 5) is 12.7. The highest BCUT2D eigenvalue weighted by Gasteiger charge is 2.28. The van der Waals surface area contributed by atoms with Gasteiger partial charge in [-0.25, -0.2) is 12.8 Å². The number of carbonyl (C=O) groups excluding carboxylic acids is 1. The van der Waals surface area contributed by atoms with Crippen LogP contribution in [-0.4, -0.2) is 20.9 Å². The predicted octanol–water partition coefficient (Wildman–Crippen LogP) is 4.22. The van der Waals surface area contributed by atoms with Crippen LogP contribution in [0.3, 0.4) is 0 Å². The fourth-order valence-corrected chi connectivity index (χ4v) is 4.44. The Hall–Kier alpha value is -3.19. The van der Waals surface area contributed by atoms with E-state index in [4.69, 9.17) is 0 Å². The number of amides is 1. The summed E-state index contributed by atoms with van der Waals surface area (Å²) in [7, 11) is -4.01. The van der Waals surface area contributed by atoms with Crippen LogP contribution in [0.5, 0.6) is 0 Å². The molecule has 0 bridgehead atoms. The van der Waals surface area contributed by atoms with Gasteiger partial charge in [-0.15, -0.1) is 0 Å². The average Bonchev–Trinajstić information content (AvgIpc) is 2.74. The highest BCUT2D eigenvalue weighted by atomic mass is 32.2. The van der Waals surface area contributed by atoms with Crippen molar-refractivity contribution in [3.63, 3.8) is 0 Å². The third-order valence-electron chi connectivity index (χ3n) is 4.41. The first-order valence-electron chi connectivity index (χ1n) is 9.13. The van der Waals surface area contributed by atoms with Gasteiger partial charge in [-0.2, -0.15) is 0 Å². The Balaban J connectivity index is 1.99. The van der Waals surface area contributed by atoms with Gasteiger partial charge in [-0.3, -0.25) is 9.10 Å². The molecular formula is C22H21FN2O3S. The third kappa shape index (κ3) is 4.63. The lowest BCUT2D eigenvalue weighted by Gasteiger charge is -2.26. The SMILES string of the molecule is CCc1ccccc1N(CC(=O)Nc1ccccc1F)S(=O)(=O)c1ccccc1. The summed E-state index contributed by atoms with van der Waals surface area (Å²) in [5, 5.41) is 2.45. The normalized spacial score (nSPS) is 11.1. The molecule has 29 heavy (non-hydrogen) atoms. The number of para-hydroxylation sites is 2. The molecule has 150 valence electrons. The molecule has 0 fully saturated rings. The van der Waals surface area contributed by atoms with Crippen LogP contribution in [-0.2, 0) is 21.2 Å². The Bertz CT molecular complexity index is 1100. The quantitative estimate of drug-likeness (QED) is 0.632. The largest absolute Gasteiger partial charge is 0.322 e. The molecule has 3 rings (SSSR count). The van der Waals surface area contributed by atoms with E-state index in [9.17, 15) is 17.6 Å².